The van der Waals surface area contributed by atoms with E-state index in [0.717, 1.165) is 58.1 Å². The number of thiophene rings is 1. The normalized spacial score (nSPS) is 14.2. The van der Waals surface area contributed by atoms with Crippen molar-refractivity contribution in [2.24, 2.45) is 0 Å². The first kappa shape index (κ1) is 34.7. The number of ketones is 1. The van der Waals surface area contributed by atoms with Crippen molar-refractivity contribution in [1.29, 1.82) is 0 Å². The summed E-state index contributed by atoms with van der Waals surface area (Å²) < 4.78 is 19.0. The van der Waals surface area contributed by atoms with Crippen LogP contribution in [0.5, 0.6) is 17.2 Å². The Bertz CT molecular complexity index is 1670. The van der Waals surface area contributed by atoms with E-state index in [1.165, 1.54) is 30.6 Å². The average molecular weight is 673 g/mol. The molecule has 9 heteroatoms. The maximum atomic E-state index is 14.2. The van der Waals surface area contributed by atoms with Crippen LogP contribution in [0.2, 0.25) is 18.1 Å². The summed E-state index contributed by atoms with van der Waals surface area (Å²) in [6, 6.07) is 21.0. The summed E-state index contributed by atoms with van der Waals surface area (Å²) in [5.41, 5.74) is 2.15. The van der Waals surface area contributed by atoms with Crippen molar-refractivity contribution in [1.82, 2.24) is 10.2 Å². The van der Waals surface area contributed by atoms with Crippen LogP contribution in [0.1, 0.15) is 69.3 Å². The highest BCUT2D eigenvalue weighted by atomic mass is 32.1. The van der Waals surface area contributed by atoms with Crippen LogP contribution in [0.15, 0.2) is 66.7 Å². The molecule has 250 valence electrons. The first-order chi connectivity index (χ1) is 22.4. The molecule has 1 amide bonds. The monoisotopic (exact) mass is 672 g/mol. The fourth-order valence-corrected chi connectivity index (χ4v) is 7.65. The highest BCUT2D eigenvalue weighted by Crippen LogP contribution is 2.43. The standard InChI is InChI=1S/C38H48N2O5SSi/c1-7-21-39-37(42)44-31-19-20-32-33(26-31)46-36(28-13-17-30(18-14-28)45-47(5,6)38(2,3)4)34(32)35(41)27-11-15-29(16-12-27)43-25-24-40-22-9-8-10-23-40/h11-20,26H,7-10,21-25H2,1-6H3,(H,39,42). The van der Waals surface area contributed by atoms with E-state index < -0.39 is 14.4 Å². The van der Waals surface area contributed by atoms with Crippen LogP contribution < -0.4 is 19.2 Å². The smallest absolute Gasteiger partial charge is 0.412 e. The van der Waals surface area contributed by atoms with Gasteiger partial charge in [0.1, 0.15) is 23.9 Å². The Labute approximate surface area is 284 Å². The van der Waals surface area contributed by atoms with Crippen LogP contribution in [-0.2, 0) is 0 Å². The zero-order chi connectivity index (χ0) is 33.6. The van der Waals surface area contributed by atoms with E-state index in [-0.39, 0.29) is 10.8 Å². The van der Waals surface area contributed by atoms with E-state index in [0.29, 0.717) is 30.0 Å². The molecule has 5 rings (SSSR count). The van der Waals surface area contributed by atoms with Crippen LogP contribution in [0.3, 0.4) is 0 Å². The molecule has 1 aliphatic heterocycles. The molecule has 1 saturated heterocycles. The number of rotatable bonds is 12. The van der Waals surface area contributed by atoms with E-state index in [1.807, 2.05) is 67.6 Å². The molecule has 0 bridgehead atoms. The summed E-state index contributed by atoms with van der Waals surface area (Å²) in [6.45, 7) is 17.5. The first-order valence-corrected chi connectivity index (χ1v) is 20.5. The molecule has 1 fully saturated rings. The lowest BCUT2D eigenvalue weighted by Crippen LogP contribution is -2.43. The maximum Gasteiger partial charge on any atom is 0.412 e. The third-order valence-corrected chi connectivity index (χ3v) is 14.7. The summed E-state index contributed by atoms with van der Waals surface area (Å²) in [4.78, 5) is 29.8. The highest BCUT2D eigenvalue weighted by molar-refractivity contribution is 7.22. The van der Waals surface area contributed by atoms with E-state index in [1.54, 1.807) is 6.07 Å². The lowest BCUT2D eigenvalue weighted by molar-refractivity contribution is 0.104. The number of amides is 1. The number of benzene rings is 3. The molecular formula is C38H48N2O5SSi. The molecule has 3 aromatic carbocycles. The summed E-state index contributed by atoms with van der Waals surface area (Å²) in [5.74, 6) is 1.96. The van der Waals surface area contributed by atoms with Gasteiger partial charge in [-0.05, 0) is 123 Å². The van der Waals surface area contributed by atoms with Crippen LogP contribution in [-0.4, -0.2) is 57.9 Å². The Hall–Kier alpha value is -3.66. The second kappa shape index (κ2) is 15.0. The largest absolute Gasteiger partial charge is 0.544 e. The lowest BCUT2D eigenvalue weighted by Gasteiger charge is -2.36. The molecule has 0 unspecified atom stereocenters. The van der Waals surface area contributed by atoms with Gasteiger partial charge in [-0.1, -0.05) is 34.1 Å². The van der Waals surface area contributed by atoms with Crippen molar-refractivity contribution in [2.45, 2.75) is 71.5 Å². The molecule has 0 radical (unpaired) electrons. The Morgan fingerprint density at radius 2 is 1.55 bits per heavy atom. The van der Waals surface area contributed by atoms with Gasteiger partial charge in [-0.15, -0.1) is 11.3 Å². The molecule has 0 spiro atoms. The van der Waals surface area contributed by atoms with Crippen molar-refractivity contribution in [2.75, 3.05) is 32.8 Å². The number of nitrogens with zero attached hydrogens (tertiary/aromatic N) is 1. The van der Waals surface area contributed by atoms with Crippen LogP contribution in [0.25, 0.3) is 20.5 Å². The van der Waals surface area contributed by atoms with Crippen molar-refractivity contribution in [3.63, 3.8) is 0 Å². The van der Waals surface area contributed by atoms with Gasteiger partial charge in [0, 0.05) is 39.2 Å². The number of carbonyl (C=O) groups excluding carboxylic acids is 2. The minimum atomic E-state index is -2.00. The molecule has 0 aliphatic carbocycles. The highest BCUT2D eigenvalue weighted by Gasteiger charge is 2.39. The predicted octanol–water partition coefficient (Wildman–Crippen LogP) is 9.55. The third-order valence-electron chi connectivity index (χ3n) is 9.16. The maximum absolute atomic E-state index is 14.2. The SMILES string of the molecule is CCCNC(=O)Oc1ccc2c(C(=O)c3ccc(OCCN4CCCCC4)cc3)c(-c3ccc(O[Si](C)(C)C(C)(C)C)cc3)sc2c1. The van der Waals surface area contributed by atoms with Gasteiger partial charge in [0.2, 0.25) is 8.32 Å². The zero-order valence-corrected chi connectivity index (χ0v) is 30.4. The van der Waals surface area contributed by atoms with Crippen molar-refractivity contribution < 1.29 is 23.5 Å². The van der Waals surface area contributed by atoms with E-state index in [9.17, 15) is 9.59 Å². The van der Waals surface area contributed by atoms with Gasteiger partial charge in [-0.2, -0.15) is 0 Å². The number of fused-ring (bicyclic) bond motifs is 1. The second-order valence-corrected chi connectivity index (χ2v) is 19.5. The molecule has 2 heterocycles. The molecule has 0 atom stereocenters. The Morgan fingerprint density at radius 3 is 2.21 bits per heavy atom. The average Bonchev–Trinajstić information content (AvgIpc) is 3.42. The van der Waals surface area contributed by atoms with Gasteiger partial charge in [-0.3, -0.25) is 9.69 Å². The number of carbonyl (C=O) groups is 2. The number of piperidine rings is 1. The topological polar surface area (TPSA) is 77.1 Å². The van der Waals surface area contributed by atoms with Crippen molar-refractivity contribution in [3.8, 4) is 27.7 Å². The molecule has 1 aliphatic rings. The van der Waals surface area contributed by atoms with Crippen molar-refractivity contribution in [3.05, 3.63) is 77.9 Å². The van der Waals surface area contributed by atoms with Gasteiger partial charge in [0.05, 0.1) is 0 Å². The summed E-state index contributed by atoms with van der Waals surface area (Å²) in [7, 11) is -2.00. The Balaban J connectivity index is 1.42. The molecule has 1 aromatic heterocycles. The van der Waals surface area contributed by atoms with Gasteiger partial charge in [0.25, 0.3) is 0 Å². The quantitative estimate of drug-likeness (QED) is 0.119. The molecule has 4 aromatic rings. The van der Waals surface area contributed by atoms with Crippen molar-refractivity contribution >= 4 is 41.6 Å². The predicted molar refractivity (Wildman–Crippen MR) is 195 cm³/mol. The van der Waals surface area contributed by atoms with Crippen LogP contribution in [0, 0.1) is 0 Å². The van der Waals surface area contributed by atoms with E-state index in [2.05, 4.69) is 44.1 Å². The zero-order valence-electron chi connectivity index (χ0n) is 28.6. The number of likely N-dealkylation sites (tertiary alicyclic amines) is 1. The van der Waals surface area contributed by atoms with Gasteiger partial charge < -0.3 is 19.2 Å². The molecular weight excluding hydrogens is 625 g/mol. The van der Waals surface area contributed by atoms with Gasteiger partial charge in [0.15, 0.2) is 5.78 Å². The second-order valence-electron chi connectivity index (χ2n) is 13.8. The number of hydrogen-bond acceptors (Lipinski definition) is 7. The third kappa shape index (κ3) is 8.63. The molecule has 47 heavy (non-hydrogen) atoms. The van der Waals surface area contributed by atoms with Crippen LogP contribution >= 0.6 is 11.3 Å². The number of nitrogens with one attached hydrogen (secondary N) is 1. The Morgan fingerprint density at radius 1 is 0.894 bits per heavy atom. The summed E-state index contributed by atoms with van der Waals surface area (Å²) in [5, 5.41) is 3.64. The summed E-state index contributed by atoms with van der Waals surface area (Å²) >= 11 is 1.52. The number of ether oxygens (including phenoxy) is 2. The first-order valence-electron chi connectivity index (χ1n) is 16.8. The van der Waals surface area contributed by atoms with Crippen LogP contribution in [0.4, 0.5) is 4.79 Å². The Kier molecular flexibility index (Phi) is 11.1. The summed E-state index contributed by atoms with van der Waals surface area (Å²) in [6.07, 6.45) is 4.16. The molecule has 7 nitrogen and oxygen atoms in total. The fourth-order valence-electron chi connectivity index (χ4n) is 5.38. The van der Waals surface area contributed by atoms with E-state index >= 15 is 0 Å². The number of hydrogen-bond donors (Lipinski definition) is 1. The fraction of sp³-hybridized carbons (Fsp3) is 0.421. The van der Waals surface area contributed by atoms with Gasteiger partial charge in [-0.25, -0.2) is 4.79 Å². The van der Waals surface area contributed by atoms with Gasteiger partial charge >= 0.3 is 6.09 Å². The minimum Gasteiger partial charge on any atom is -0.544 e. The molecule has 1 N–H and O–H groups in total. The lowest BCUT2D eigenvalue weighted by atomic mass is 9.97. The molecule has 0 saturated carbocycles. The minimum absolute atomic E-state index is 0.0675. The van der Waals surface area contributed by atoms with E-state index in [4.69, 9.17) is 13.9 Å².